The van der Waals surface area contributed by atoms with Crippen molar-refractivity contribution in [3.05, 3.63) is 46.9 Å². The lowest BCUT2D eigenvalue weighted by Crippen LogP contribution is -1.87. The molecule has 0 aliphatic heterocycles. The van der Waals surface area contributed by atoms with E-state index in [-0.39, 0.29) is 0 Å². The molecule has 0 radical (unpaired) electrons. The van der Waals surface area contributed by atoms with Crippen molar-refractivity contribution in [3.63, 3.8) is 0 Å². The maximum absolute atomic E-state index is 5.43. The fourth-order valence-electron chi connectivity index (χ4n) is 2.25. The molecule has 3 aromatic rings. The van der Waals surface area contributed by atoms with Gasteiger partial charge < -0.3 is 14.5 Å². The summed E-state index contributed by atoms with van der Waals surface area (Å²) in [5, 5.41) is 1.05. The first-order valence-corrected chi connectivity index (χ1v) is 7.01. The molecule has 3 nitrogen and oxygen atoms in total. The van der Waals surface area contributed by atoms with Crippen molar-refractivity contribution in [1.82, 2.24) is 4.98 Å². The number of nitrogens with one attached hydrogen (secondary N) is 1. The Labute approximate surface area is 125 Å². The number of aromatic nitrogens is 1. The summed E-state index contributed by atoms with van der Waals surface area (Å²) < 4.78 is 11.8. The van der Waals surface area contributed by atoms with Crippen molar-refractivity contribution >= 4 is 26.8 Å². The van der Waals surface area contributed by atoms with E-state index in [1.807, 2.05) is 24.3 Å². The summed E-state index contributed by atoms with van der Waals surface area (Å²) in [4.78, 5) is 3.41. The lowest BCUT2D eigenvalue weighted by Gasteiger charge is -2.04. The Hall–Kier alpha value is -1.94. The van der Waals surface area contributed by atoms with E-state index in [1.54, 1.807) is 14.2 Å². The molecule has 0 atom stereocenters. The highest BCUT2D eigenvalue weighted by Gasteiger charge is 2.10. The summed E-state index contributed by atoms with van der Waals surface area (Å²) in [6.07, 6.45) is 0. The zero-order valence-corrected chi connectivity index (χ0v) is 12.8. The van der Waals surface area contributed by atoms with Crippen LogP contribution in [0.15, 0.2) is 46.9 Å². The first-order chi connectivity index (χ1) is 9.71. The van der Waals surface area contributed by atoms with Gasteiger partial charge in [0.1, 0.15) is 11.5 Å². The zero-order valence-electron chi connectivity index (χ0n) is 11.2. The molecule has 1 heterocycles. The quantitative estimate of drug-likeness (QED) is 0.760. The van der Waals surface area contributed by atoms with Crippen LogP contribution in [-0.2, 0) is 0 Å². The predicted octanol–water partition coefficient (Wildman–Crippen LogP) is 4.61. The number of hydrogen-bond acceptors (Lipinski definition) is 2. The minimum atomic E-state index is 0.776. The summed E-state index contributed by atoms with van der Waals surface area (Å²) in [6.45, 7) is 0. The standard InChI is InChI=1S/C16H14BrNO2/c1-19-12-7-15-13(16(8-12)20-2)9-14(18-15)10-3-5-11(17)6-4-10/h3-9,18H,1-2H3. The van der Waals surface area contributed by atoms with E-state index in [4.69, 9.17) is 9.47 Å². The SMILES string of the molecule is COc1cc(OC)c2cc(-c3ccc(Br)cc3)[nH]c2c1. The third-order valence-corrected chi connectivity index (χ3v) is 3.81. The lowest BCUT2D eigenvalue weighted by molar-refractivity contribution is 0.398. The molecule has 3 rings (SSSR count). The second-order valence-corrected chi connectivity index (χ2v) is 5.40. The number of H-pyrrole nitrogens is 1. The number of halogens is 1. The molecule has 1 aromatic heterocycles. The summed E-state index contributed by atoms with van der Waals surface area (Å²) in [7, 11) is 3.32. The highest BCUT2D eigenvalue weighted by atomic mass is 79.9. The van der Waals surface area contributed by atoms with E-state index in [1.165, 1.54) is 0 Å². The molecule has 0 spiro atoms. The minimum Gasteiger partial charge on any atom is -0.497 e. The summed E-state index contributed by atoms with van der Waals surface area (Å²) in [5.74, 6) is 1.58. The predicted molar refractivity (Wildman–Crippen MR) is 84.5 cm³/mol. The number of hydrogen-bond donors (Lipinski definition) is 1. The first-order valence-electron chi connectivity index (χ1n) is 6.22. The van der Waals surface area contributed by atoms with Crippen molar-refractivity contribution in [2.75, 3.05) is 14.2 Å². The molecule has 2 aromatic carbocycles. The molecule has 1 N–H and O–H groups in total. The van der Waals surface area contributed by atoms with Gasteiger partial charge in [0.05, 0.1) is 19.7 Å². The molecule has 0 saturated carbocycles. The van der Waals surface area contributed by atoms with Crippen LogP contribution < -0.4 is 9.47 Å². The van der Waals surface area contributed by atoms with E-state index >= 15 is 0 Å². The molecule has 20 heavy (non-hydrogen) atoms. The van der Waals surface area contributed by atoms with Crippen LogP contribution in [0.5, 0.6) is 11.5 Å². The van der Waals surface area contributed by atoms with Crippen LogP contribution in [0.1, 0.15) is 0 Å². The summed E-state index contributed by atoms with van der Waals surface area (Å²) >= 11 is 3.45. The highest BCUT2D eigenvalue weighted by Crippen LogP contribution is 2.34. The van der Waals surface area contributed by atoms with Gasteiger partial charge in [-0.3, -0.25) is 0 Å². The number of fused-ring (bicyclic) bond motifs is 1. The number of aromatic amines is 1. The maximum Gasteiger partial charge on any atom is 0.131 e. The van der Waals surface area contributed by atoms with Gasteiger partial charge in [0.15, 0.2) is 0 Å². The maximum atomic E-state index is 5.43. The van der Waals surface area contributed by atoms with Crippen LogP contribution in [0.4, 0.5) is 0 Å². The second kappa shape index (κ2) is 5.21. The van der Waals surface area contributed by atoms with Crippen LogP contribution >= 0.6 is 15.9 Å². The first kappa shape index (κ1) is 13.1. The normalized spacial score (nSPS) is 10.8. The molecule has 0 amide bonds. The van der Waals surface area contributed by atoms with Crippen molar-refractivity contribution in [1.29, 1.82) is 0 Å². The van der Waals surface area contributed by atoms with Crippen molar-refractivity contribution in [2.45, 2.75) is 0 Å². The van der Waals surface area contributed by atoms with Crippen LogP contribution in [0.3, 0.4) is 0 Å². The van der Waals surface area contributed by atoms with Gasteiger partial charge >= 0.3 is 0 Å². The van der Waals surface area contributed by atoms with Crippen LogP contribution in [0.25, 0.3) is 22.2 Å². The third-order valence-electron chi connectivity index (χ3n) is 3.28. The van der Waals surface area contributed by atoms with Crippen molar-refractivity contribution in [2.24, 2.45) is 0 Å². The Kier molecular flexibility index (Phi) is 3.40. The minimum absolute atomic E-state index is 0.776. The fourth-order valence-corrected chi connectivity index (χ4v) is 2.52. The van der Waals surface area contributed by atoms with Crippen molar-refractivity contribution < 1.29 is 9.47 Å². The monoisotopic (exact) mass is 331 g/mol. The molecule has 0 saturated heterocycles. The second-order valence-electron chi connectivity index (χ2n) is 4.48. The molecule has 0 aliphatic rings. The third kappa shape index (κ3) is 2.27. The molecule has 0 aliphatic carbocycles. The van der Waals surface area contributed by atoms with Crippen LogP contribution in [0, 0.1) is 0 Å². The fraction of sp³-hybridized carbons (Fsp3) is 0.125. The average molecular weight is 332 g/mol. The van der Waals surface area contributed by atoms with Gasteiger partial charge in [-0.2, -0.15) is 0 Å². The average Bonchev–Trinajstić information content (AvgIpc) is 2.90. The number of rotatable bonds is 3. The highest BCUT2D eigenvalue weighted by molar-refractivity contribution is 9.10. The Balaban J connectivity index is 2.16. The summed E-state index contributed by atoms with van der Waals surface area (Å²) in [5.41, 5.74) is 3.18. The van der Waals surface area contributed by atoms with E-state index in [2.05, 4.69) is 39.1 Å². The smallest absolute Gasteiger partial charge is 0.131 e. The Morgan fingerprint density at radius 1 is 0.950 bits per heavy atom. The molecular formula is C16H14BrNO2. The topological polar surface area (TPSA) is 34.2 Å². The van der Waals surface area contributed by atoms with Gasteiger partial charge in [0, 0.05) is 27.7 Å². The number of benzene rings is 2. The van der Waals surface area contributed by atoms with Gasteiger partial charge in [0.2, 0.25) is 0 Å². The largest absolute Gasteiger partial charge is 0.497 e. The Bertz CT molecular complexity index is 747. The van der Waals surface area contributed by atoms with Gasteiger partial charge in [-0.25, -0.2) is 0 Å². The van der Waals surface area contributed by atoms with Crippen LogP contribution in [-0.4, -0.2) is 19.2 Å². The number of methoxy groups -OCH3 is 2. The van der Waals surface area contributed by atoms with E-state index < -0.39 is 0 Å². The molecule has 0 unspecified atom stereocenters. The Morgan fingerprint density at radius 3 is 2.35 bits per heavy atom. The van der Waals surface area contributed by atoms with E-state index in [9.17, 15) is 0 Å². The van der Waals surface area contributed by atoms with E-state index in [0.717, 1.165) is 38.1 Å². The molecule has 4 heteroatoms. The molecule has 0 bridgehead atoms. The lowest BCUT2D eigenvalue weighted by atomic mass is 10.1. The van der Waals surface area contributed by atoms with Gasteiger partial charge in [-0.05, 0) is 23.8 Å². The van der Waals surface area contributed by atoms with Gasteiger partial charge in [-0.1, -0.05) is 28.1 Å². The van der Waals surface area contributed by atoms with Gasteiger partial charge in [0.25, 0.3) is 0 Å². The molecule has 0 fully saturated rings. The van der Waals surface area contributed by atoms with Crippen molar-refractivity contribution in [3.8, 4) is 22.8 Å². The van der Waals surface area contributed by atoms with Gasteiger partial charge in [-0.15, -0.1) is 0 Å². The molecular weight excluding hydrogens is 318 g/mol. The molecule has 102 valence electrons. The Morgan fingerprint density at radius 2 is 1.70 bits per heavy atom. The zero-order chi connectivity index (χ0) is 14.1. The van der Waals surface area contributed by atoms with E-state index in [0.29, 0.717) is 0 Å². The number of ether oxygens (including phenoxy) is 2. The summed E-state index contributed by atoms with van der Waals surface area (Å²) in [6, 6.07) is 14.1. The van der Waals surface area contributed by atoms with Crippen LogP contribution in [0.2, 0.25) is 0 Å².